The Balaban J connectivity index is 0.00000529. The summed E-state index contributed by atoms with van der Waals surface area (Å²) in [6.07, 6.45) is 3.84. The average molecular weight is 467 g/mol. The van der Waals surface area contributed by atoms with Gasteiger partial charge in [-0.3, -0.25) is 9.79 Å². The van der Waals surface area contributed by atoms with Crippen LogP contribution in [0.25, 0.3) is 0 Å². The third kappa shape index (κ3) is 9.41. The van der Waals surface area contributed by atoms with Gasteiger partial charge in [0.1, 0.15) is 0 Å². The molecule has 0 atom stereocenters. The van der Waals surface area contributed by atoms with Crippen LogP contribution in [-0.2, 0) is 17.6 Å². The van der Waals surface area contributed by atoms with Gasteiger partial charge in [-0.05, 0) is 13.3 Å². The van der Waals surface area contributed by atoms with E-state index in [1.54, 1.807) is 11.3 Å². The number of aliphatic imine (C=N–C) groups is 1. The molecule has 0 radical (unpaired) electrons. The number of guanidine groups is 1. The Hall–Kier alpha value is -0.900. The van der Waals surface area contributed by atoms with Gasteiger partial charge in [0.15, 0.2) is 5.96 Å². The summed E-state index contributed by atoms with van der Waals surface area (Å²) in [6, 6.07) is 0. The molecule has 0 aliphatic heterocycles. The van der Waals surface area contributed by atoms with Crippen molar-refractivity contribution in [3.05, 3.63) is 16.1 Å². The highest BCUT2D eigenvalue weighted by atomic mass is 127. The third-order valence-electron chi connectivity index (χ3n) is 3.13. The smallest absolute Gasteiger partial charge is 0.222 e. The molecule has 0 spiro atoms. The van der Waals surface area contributed by atoms with Crippen LogP contribution < -0.4 is 16.0 Å². The molecule has 24 heavy (non-hydrogen) atoms. The van der Waals surface area contributed by atoms with Crippen molar-refractivity contribution in [1.29, 1.82) is 0 Å². The van der Waals surface area contributed by atoms with Gasteiger partial charge in [0.2, 0.25) is 5.91 Å². The zero-order valence-corrected chi connectivity index (χ0v) is 18.2. The minimum absolute atomic E-state index is 0. The van der Waals surface area contributed by atoms with Gasteiger partial charge in [-0.15, -0.1) is 35.3 Å². The second-order valence-corrected chi connectivity index (χ2v) is 6.66. The van der Waals surface area contributed by atoms with Crippen molar-refractivity contribution in [2.75, 3.05) is 26.2 Å². The van der Waals surface area contributed by atoms with E-state index in [1.165, 1.54) is 4.88 Å². The number of amides is 1. The molecule has 0 saturated heterocycles. The molecule has 1 amide bonds. The molecule has 6 nitrogen and oxygen atoms in total. The molecule has 0 aromatic carbocycles. The van der Waals surface area contributed by atoms with Crippen LogP contribution in [0.1, 0.15) is 37.6 Å². The molecule has 0 unspecified atom stereocenters. The van der Waals surface area contributed by atoms with Gasteiger partial charge in [-0.25, -0.2) is 4.98 Å². The Kier molecular flexibility index (Phi) is 12.9. The number of aromatic nitrogens is 1. The molecule has 138 valence electrons. The summed E-state index contributed by atoms with van der Waals surface area (Å²) in [4.78, 5) is 21.7. The van der Waals surface area contributed by atoms with E-state index in [1.807, 2.05) is 27.0 Å². The van der Waals surface area contributed by atoms with Crippen LogP contribution >= 0.6 is 35.3 Å². The molecule has 0 aliphatic carbocycles. The Bertz CT molecular complexity index is 504. The molecule has 0 bridgehead atoms. The molecule has 3 N–H and O–H groups in total. The van der Waals surface area contributed by atoms with Crippen molar-refractivity contribution in [1.82, 2.24) is 20.9 Å². The first kappa shape index (κ1) is 23.1. The van der Waals surface area contributed by atoms with Crippen LogP contribution in [0.15, 0.2) is 11.2 Å². The van der Waals surface area contributed by atoms with Crippen LogP contribution in [0.2, 0.25) is 0 Å². The Labute approximate surface area is 166 Å². The number of carbonyl (C=O) groups excluding carboxylic acids is 1. The molecular weight excluding hydrogens is 437 g/mol. The average Bonchev–Trinajstić information content (AvgIpc) is 2.99. The van der Waals surface area contributed by atoms with Crippen LogP contribution in [-0.4, -0.2) is 43.0 Å². The first-order valence-corrected chi connectivity index (χ1v) is 9.11. The van der Waals surface area contributed by atoms with Crippen LogP contribution in [0.4, 0.5) is 0 Å². The lowest BCUT2D eigenvalue weighted by Crippen LogP contribution is -2.42. The summed E-state index contributed by atoms with van der Waals surface area (Å²) in [6.45, 7) is 10.7. The maximum Gasteiger partial charge on any atom is 0.222 e. The molecule has 1 aromatic rings. The van der Waals surface area contributed by atoms with Crippen molar-refractivity contribution in [3.63, 3.8) is 0 Å². The second-order valence-electron chi connectivity index (χ2n) is 5.46. The maximum atomic E-state index is 11.5. The SMILES string of the molecule is CCNC(=NCCc1ncc(CC)s1)NCCNC(=O)C(C)C.I. The van der Waals surface area contributed by atoms with Crippen molar-refractivity contribution in [3.8, 4) is 0 Å². The number of hydrogen-bond donors (Lipinski definition) is 3. The standard InChI is InChI=1S/C16H29N5OS.HI/c1-5-13-11-21-14(23-13)7-8-19-16(17-6-2)20-10-9-18-15(22)12(3)4;/h11-12H,5-10H2,1-4H3,(H,18,22)(H2,17,19,20);1H. The highest BCUT2D eigenvalue weighted by molar-refractivity contribution is 14.0. The predicted molar refractivity (Wildman–Crippen MR) is 112 cm³/mol. The fourth-order valence-corrected chi connectivity index (χ4v) is 2.65. The highest BCUT2D eigenvalue weighted by Gasteiger charge is 2.05. The number of carbonyl (C=O) groups is 1. The third-order valence-corrected chi connectivity index (χ3v) is 4.33. The summed E-state index contributed by atoms with van der Waals surface area (Å²) in [5, 5.41) is 10.4. The molecule has 1 rings (SSSR count). The molecule has 1 aromatic heterocycles. The van der Waals surface area contributed by atoms with E-state index >= 15 is 0 Å². The van der Waals surface area contributed by atoms with E-state index in [0.717, 1.165) is 30.4 Å². The highest BCUT2D eigenvalue weighted by Crippen LogP contribution is 2.13. The number of aryl methyl sites for hydroxylation is 1. The minimum atomic E-state index is 0. The number of thiazole rings is 1. The van der Waals surface area contributed by atoms with Gasteiger partial charge in [0.05, 0.1) is 5.01 Å². The Morgan fingerprint density at radius 2 is 1.96 bits per heavy atom. The van der Waals surface area contributed by atoms with Gasteiger partial charge in [-0.2, -0.15) is 0 Å². The maximum absolute atomic E-state index is 11.5. The molecule has 0 aliphatic rings. The first-order chi connectivity index (χ1) is 11.1. The molecule has 0 fully saturated rings. The van der Waals surface area contributed by atoms with E-state index in [4.69, 9.17) is 0 Å². The summed E-state index contributed by atoms with van der Waals surface area (Å²) >= 11 is 1.76. The lowest BCUT2D eigenvalue weighted by molar-refractivity contribution is -0.123. The number of nitrogens with one attached hydrogen (secondary N) is 3. The first-order valence-electron chi connectivity index (χ1n) is 8.30. The topological polar surface area (TPSA) is 78.4 Å². The van der Waals surface area contributed by atoms with E-state index in [2.05, 4.69) is 32.9 Å². The number of hydrogen-bond acceptors (Lipinski definition) is 4. The summed E-state index contributed by atoms with van der Waals surface area (Å²) < 4.78 is 0. The number of halogens is 1. The van der Waals surface area contributed by atoms with Crippen molar-refractivity contribution >= 4 is 47.2 Å². The van der Waals surface area contributed by atoms with Gasteiger partial charge >= 0.3 is 0 Å². The quantitative estimate of drug-likeness (QED) is 0.225. The Morgan fingerprint density at radius 3 is 2.54 bits per heavy atom. The molecule has 8 heteroatoms. The number of rotatable bonds is 9. The van der Waals surface area contributed by atoms with Gasteiger partial charge < -0.3 is 16.0 Å². The zero-order valence-electron chi connectivity index (χ0n) is 15.0. The lowest BCUT2D eigenvalue weighted by atomic mass is 10.2. The number of nitrogens with zero attached hydrogens (tertiary/aromatic N) is 2. The molecule has 1 heterocycles. The second kappa shape index (κ2) is 13.4. The largest absolute Gasteiger partial charge is 0.357 e. The predicted octanol–water partition coefficient (Wildman–Crippen LogP) is 2.19. The minimum Gasteiger partial charge on any atom is -0.357 e. The summed E-state index contributed by atoms with van der Waals surface area (Å²) in [5.41, 5.74) is 0. The van der Waals surface area contributed by atoms with E-state index in [0.29, 0.717) is 19.6 Å². The van der Waals surface area contributed by atoms with Crippen LogP contribution in [0, 0.1) is 5.92 Å². The normalized spacial score (nSPS) is 11.1. The summed E-state index contributed by atoms with van der Waals surface area (Å²) in [7, 11) is 0. The van der Waals surface area contributed by atoms with Crippen LogP contribution in [0.3, 0.4) is 0 Å². The van der Waals surface area contributed by atoms with Gasteiger partial charge in [0.25, 0.3) is 0 Å². The zero-order chi connectivity index (χ0) is 17.1. The monoisotopic (exact) mass is 467 g/mol. The van der Waals surface area contributed by atoms with E-state index in [-0.39, 0.29) is 35.8 Å². The summed E-state index contributed by atoms with van der Waals surface area (Å²) in [5.74, 6) is 0.867. The fraction of sp³-hybridized carbons (Fsp3) is 0.688. The molecule has 0 saturated carbocycles. The van der Waals surface area contributed by atoms with Crippen LogP contribution in [0.5, 0.6) is 0 Å². The fourth-order valence-electron chi connectivity index (χ4n) is 1.80. The van der Waals surface area contributed by atoms with Gasteiger partial charge in [0, 0.05) is 49.6 Å². The Morgan fingerprint density at radius 1 is 1.25 bits per heavy atom. The van der Waals surface area contributed by atoms with Crippen molar-refractivity contribution in [2.45, 2.75) is 40.5 Å². The van der Waals surface area contributed by atoms with Gasteiger partial charge in [-0.1, -0.05) is 20.8 Å². The molecular formula is C16H30IN5OS. The lowest BCUT2D eigenvalue weighted by Gasteiger charge is -2.12. The van der Waals surface area contributed by atoms with E-state index in [9.17, 15) is 4.79 Å². The van der Waals surface area contributed by atoms with E-state index < -0.39 is 0 Å². The van der Waals surface area contributed by atoms with Crippen molar-refractivity contribution in [2.24, 2.45) is 10.9 Å². The van der Waals surface area contributed by atoms with Crippen molar-refractivity contribution < 1.29 is 4.79 Å².